The van der Waals surface area contributed by atoms with E-state index in [1.807, 2.05) is 25.1 Å². The summed E-state index contributed by atoms with van der Waals surface area (Å²) in [6, 6.07) is 12.3. The number of aromatic amines is 1. The summed E-state index contributed by atoms with van der Waals surface area (Å²) in [5, 5.41) is 2.32. The first-order chi connectivity index (χ1) is 8.75. The Bertz CT molecular complexity index is 698. The number of hydrogen-bond acceptors (Lipinski definition) is 2. The summed E-state index contributed by atoms with van der Waals surface area (Å²) in [6.45, 7) is 2.04. The van der Waals surface area contributed by atoms with Gasteiger partial charge in [-0.2, -0.15) is 0 Å². The maximum Gasteiger partial charge on any atom is 0.0925 e. The van der Waals surface area contributed by atoms with Crippen molar-refractivity contribution in [3.05, 3.63) is 59.7 Å². The zero-order chi connectivity index (χ0) is 12.5. The molecular weight excluding hydrogens is 222 g/mol. The first kappa shape index (κ1) is 10.8. The Morgan fingerprint density at radius 2 is 1.89 bits per heavy atom. The number of aromatic nitrogens is 2. The molecule has 0 saturated heterocycles. The van der Waals surface area contributed by atoms with Crippen molar-refractivity contribution in [1.29, 1.82) is 0 Å². The van der Waals surface area contributed by atoms with Crippen LogP contribution in [-0.2, 0) is 6.42 Å². The third-order valence-electron chi connectivity index (χ3n) is 3.34. The highest BCUT2D eigenvalue weighted by atomic mass is 14.9. The zero-order valence-corrected chi connectivity index (χ0v) is 10.3. The molecule has 0 atom stereocenters. The van der Waals surface area contributed by atoms with E-state index in [1.165, 1.54) is 10.9 Å². The van der Waals surface area contributed by atoms with Gasteiger partial charge in [-0.15, -0.1) is 0 Å². The lowest BCUT2D eigenvalue weighted by Crippen LogP contribution is -1.95. The molecule has 0 aliphatic rings. The van der Waals surface area contributed by atoms with Gasteiger partial charge in [0.2, 0.25) is 0 Å². The number of hydrogen-bond donors (Lipinski definition) is 2. The van der Waals surface area contributed by atoms with Gasteiger partial charge in [-0.25, -0.2) is 4.98 Å². The fourth-order valence-corrected chi connectivity index (χ4v) is 2.28. The van der Waals surface area contributed by atoms with Gasteiger partial charge in [0.15, 0.2) is 0 Å². The van der Waals surface area contributed by atoms with E-state index in [1.54, 1.807) is 6.33 Å². The predicted octanol–water partition coefficient (Wildman–Crippen LogP) is 3.04. The molecule has 90 valence electrons. The Hall–Kier alpha value is -2.29. The molecule has 0 radical (unpaired) electrons. The number of nitrogen functional groups attached to an aromatic ring is 1. The molecule has 0 bridgehead atoms. The van der Waals surface area contributed by atoms with Gasteiger partial charge in [-0.3, -0.25) is 0 Å². The van der Waals surface area contributed by atoms with Crippen LogP contribution >= 0.6 is 0 Å². The Morgan fingerprint density at radius 1 is 1.11 bits per heavy atom. The third-order valence-corrected chi connectivity index (χ3v) is 3.34. The number of fused-ring (bicyclic) bond motifs is 1. The van der Waals surface area contributed by atoms with Crippen LogP contribution < -0.4 is 5.73 Å². The van der Waals surface area contributed by atoms with Gasteiger partial charge in [-0.1, -0.05) is 30.3 Å². The molecule has 0 aliphatic heterocycles. The summed E-state index contributed by atoms with van der Waals surface area (Å²) in [7, 11) is 0. The number of aryl methyl sites for hydroxylation is 1. The summed E-state index contributed by atoms with van der Waals surface area (Å²) in [6.07, 6.45) is 2.57. The van der Waals surface area contributed by atoms with Gasteiger partial charge in [0.1, 0.15) is 0 Å². The molecule has 0 amide bonds. The van der Waals surface area contributed by atoms with Crippen LogP contribution in [0.2, 0.25) is 0 Å². The van der Waals surface area contributed by atoms with E-state index in [9.17, 15) is 0 Å². The smallest absolute Gasteiger partial charge is 0.0925 e. The maximum absolute atomic E-state index is 6.01. The average Bonchev–Trinajstić information content (AvgIpc) is 2.79. The molecule has 3 aromatic rings. The summed E-state index contributed by atoms with van der Waals surface area (Å²) < 4.78 is 0. The quantitative estimate of drug-likeness (QED) is 0.673. The molecule has 1 heterocycles. The van der Waals surface area contributed by atoms with Gasteiger partial charge in [0.05, 0.1) is 12.0 Å². The molecule has 3 rings (SSSR count). The molecule has 0 fully saturated rings. The summed E-state index contributed by atoms with van der Waals surface area (Å²) >= 11 is 0. The van der Waals surface area contributed by atoms with Gasteiger partial charge in [-0.05, 0) is 23.9 Å². The van der Waals surface area contributed by atoms with E-state index >= 15 is 0 Å². The lowest BCUT2D eigenvalue weighted by Gasteiger charge is -2.08. The van der Waals surface area contributed by atoms with Crippen molar-refractivity contribution in [2.75, 3.05) is 5.73 Å². The van der Waals surface area contributed by atoms with Crippen molar-refractivity contribution < 1.29 is 0 Å². The van der Waals surface area contributed by atoms with Crippen molar-refractivity contribution >= 4 is 16.5 Å². The summed E-state index contributed by atoms with van der Waals surface area (Å²) in [5.41, 5.74) is 10.3. The van der Waals surface area contributed by atoms with E-state index in [0.717, 1.165) is 28.9 Å². The van der Waals surface area contributed by atoms with Gasteiger partial charge in [0.25, 0.3) is 0 Å². The number of anilines is 1. The maximum atomic E-state index is 6.01. The van der Waals surface area contributed by atoms with Gasteiger partial charge < -0.3 is 10.7 Å². The van der Waals surface area contributed by atoms with Crippen molar-refractivity contribution in [2.45, 2.75) is 13.3 Å². The number of nitrogens with zero attached hydrogens (tertiary/aromatic N) is 1. The highest BCUT2D eigenvalue weighted by molar-refractivity contribution is 5.95. The average molecular weight is 237 g/mol. The monoisotopic (exact) mass is 237 g/mol. The van der Waals surface area contributed by atoms with Crippen LogP contribution in [0.1, 0.15) is 17.0 Å². The number of nitrogens with one attached hydrogen (secondary N) is 1. The predicted molar refractivity (Wildman–Crippen MR) is 74.5 cm³/mol. The standard InChI is InChI=1S/C15H15N3/c1-10-15(18-9-17-10)8-11-6-7-14(16)13-5-3-2-4-12(11)13/h2-7,9H,8,16H2,1H3,(H,17,18). The highest BCUT2D eigenvalue weighted by Gasteiger charge is 2.07. The number of rotatable bonds is 2. The van der Waals surface area contributed by atoms with Crippen LogP contribution in [0.4, 0.5) is 5.69 Å². The number of H-pyrrole nitrogens is 1. The fraction of sp³-hybridized carbons (Fsp3) is 0.133. The number of nitrogens with two attached hydrogens (primary N) is 1. The normalized spacial score (nSPS) is 10.9. The second-order valence-electron chi connectivity index (χ2n) is 4.51. The van der Waals surface area contributed by atoms with Crippen molar-refractivity contribution in [2.24, 2.45) is 0 Å². The zero-order valence-electron chi connectivity index (χ0n) is 10.3. The van der Waals surface area contributed by atoms with E-state index < -0.39 is 0 Å². The summed E-state index contributed by atoms with van der Waals surface area (Å²) in [4.78, 5) is 7.47. The Morgan fingerprint density at radius 3 is 2.61 bits per heavy atom. The molecule has 0 aliphatic carbocycles. The first-order valence-corrected chi connectivity index (χ1v) is 6.00. The second-order valence-corrected chi connectivity index (χ2v) is 4.51. The van der Waals surface area contributed by atoms with Crippen molar-refractivity contribution in [3.8, 4) is 0 Å². The highest BCUT2D eigenvalue weighted by Crippen LogP contribution is 2.26. The van der Waals surface area contributed by atoms with E-state index in [-0.39, 0.29) is 0 Å². The molecule has 3 N–H and O–H groups in total. The van der Waals surface area contributed by atoms with Crippen LogP contribution in [0.15, 0.2) is 42.7 Å². The molecular formula is C15H15N3. The molecule has 3 heteroatoms. The minimum absolute atomic E-state index is 0.827. The molecule has 2 aromatic carbocycles. The second kappa shape index (κ2) is 4.18. The van der Waals surface area contributed by atoms with E-state index in [0.29, 0.717) is 0 Å². The minimum Gasteiger partial charge on any atom is -0.398 e. The largest absolute Gasteiger partial charge is 0.398 e. The molecule has 18 heavy (non-hydrogen) atoms. The van der Waals surface area contributed by atoms with Crippen LogP contribution in [0.5, 0.6) is 0 Å². The SMILES string of the molecule is Cc1[nH]cnc1Cc1ccc(N)c2ccccc12. The molecule has 0 unspecified atom stereocenters. The molecule has 1 aromatic heterocycles. The van der Waals surface area contributed by atoms with Crippen LogP contribution in [0.3, 0.4) is 0 Å². The van der Waals surface area contributed by atoms with Crippen LogP contribution in [0, 0.1) is 6.92 Å². The Kier molecular flexibility index (Phi) is 2.52. The van der Waals surface area contributed by atoms with Gasteiger partial charge in [0, 0.05) is 23.2 Å². The number of imidazole rings is 1. The van der Waals surface area contributed by atoms with Gasteiger partial charge >= 0.3 is 0 Å². The Labute approximate surface area is 106 Å². The van der Waals surface area contributed by atoms with E-state index in [2.05, 4.69) is 28.2 Å². The fourth-order valence-electron chi connectivity index (χ4n) is 2.28. The Balaban J connectivity index is 2.13. The van der Waals surface area contributed by atoms with Crippen molar-refractivity contribution in [1.82, 2.24) is 9.97 Å². The lowest BCUT2D eigenvalue weighted by atomic mass is 9.99. The first-order valence-electron chi connectivity index (χ1n) is 6.00. The lowest BCUT2D eigenvalue weighted by molar-refractivity contribution is 1.09. The molecule has 3 nitrogen and oxygen atoms in total. The molecule has 0 spiro atoms. The summed E-state index contributed by atoms with van der Waals surface area (Å²) in [5.74, 6) is 0. The molecule has 0 saturated carbocycles. The van der Waals surface area contributed by atoms with Crippen LogP contribution in [0.25, 0.3) is 10.8 Å². The van der Waals surface area contributed by atoms with E-state index in [4.69, 9.17) is 5.73 Å². The third kappa shape index (κ3) is 1.74. The van der Waals surface area contributed by atoms with Crippen molar-refractivity contribution in [3.63, 3.8) is 0 Å². The van der Waals surface area contributed by atoms with Crippen LogP contribution in [-0.4, -0.2) is 9.97 Å². The topological polar surface area (TPSA) is 54.7 Å². The minimum atomic E-state index is 0.827. The number of benzene rings is 2.